The molecule has 5 heteroatoms. The predicted molar refractivity (Wildman–Crippen MR) is 112 cm³/mol. The summed E-state index contributed by atoms with van der Waals surface area (Å²) in [5.74, 6) is 0. The van der Waals surface area contributed by atoms with Gasteiger partial charge in [0.15, 0.2) is 0 Å². The quantitative estimate of drug-likeness (QED) is 0.547. The van der Waals surface area contributed by atoms with Crippen molar-refractivity contribution < 1.29 is 0 Å². The van der Waals surface area contributed by atoms with Crippen LogP contribution >= 0.6 is 0 Å². The highest BCUT2D eigenvalue weighted by atomic mass is 15.1. The lowest BCUT2D eigenvalue weighted by Gasteiger charge is -2.32. The van der Waals surface area contributed by atoms with E-state index in [0.717, 1.165) is 36.5 Å². The Morgan fingerprint density at radius 1 is 1.00 bits per heavy atom. The molecule has 0 saturated carbocycles. The first kappa shape index (κ1) is 16.8. The smallest absolute Gasteiger partial charge is 0.0652 e. The van der Waals surface area contributed by atoms with Gasteiger partial charge in [-0.2, -0.15) is 10.2 Å². The van der Waals surface area contributed by atoms with Crippen molar-refractivity contribution in [2.75, 3.05) is 11.4 Å². The minimum absolute atomic E-state index is 0.931. The molecule has 0 fully saturated rings. The van der Waals surface area contributed by atoms with Gasteiger partial charge in [-0.25, -0.2) is 0 Å². The van der Waals surface area contributed by atoms with Gasteiger partial charge in [0.1, 0.15) is 0 Å². The minimum Gasteiger partial charge on any atom is -0.367 e. The van der Waals surface area contributed by atoms with Crippen molar-refractivity contribution in [1.29, 1.82) is 0 Å². The summed E-state index contributed by atoms with van der Waals surface area (Å²) in [6, 6.07) is 17.7. The first-order valence-corrected chi connectivity index (χ1v) is 9.74. The molecule has 0 radical (unpaired) electrons. The van der Waals surface area contributed by atoms with E-state index < -0.39 is 0 Å². The van der Waals surface area contributed by atoms with E-state index in [0.29, 0.717) is 0 Å². The highest BCUT2D eigenvalue weighted by Crippen LogP contribution is 2.32. The molecular formula is C23H23N5. The molecular weight excluding hydrogens is 346 g/mol. The summed E-state index contributed by atoms with van der Waals surface area (Å²) in [5, 5.41) is 14.3. The van der Waals surface area contributed by atoms with Gasteiger partial charge in [0.05, 0.1) is 17.6 Å². The molecule has 140 valence electrons. The molecule has 2 aromatic carbocycles. The SMILES string of the molecule is Cc1cc(-c2ccc(CN3CCCc4cc(-c5cn[nH]c5)ccc43)cc2)[nH]n1. The van der Waals surface area contributed by atoms with E-state index >= 15 is 0 Å². The lowest BCUT2D eigenvalue weighted by atomic mass is 9.97. The number of nitrogens with one attached hydrogen (secondary N) is 2. The Labute approximate surface area is 164 Å². The van der Waals surface area contributed by atoms with Gasteiger partial charge in [0.25, 0.3) is 0 Å². The third-order valence-corrected chi connectivity index (χ3v) is 5.47. The molecule has 0 bridgehead atoms. The highest BCUT2D eigenvalue weighted by Gasteiger charge is 2.18. The Morgan fingerprint density at radius 3 is 2.61 bits per heavy atom. The van der Waals surface area contributed by atoms with Gasteiger partial charge in [0, 0.05) is 30.5 Å². The number of benzene rings is 2. The molecule has 5 nitrogen and oxygen atoms in total. The van der Waals surface area contributed by atoms with E-state index in [1.807, 2.05) is 19.3 Å². The molecule has 0 amide bonds. The Balaban J connectivity index is 1.37. The Hall–Kier alpha value is -3.34. The lowest BCUT2D eigenvalue weighted by Crippen LogP contribution is -2.28. The van der Waals surface area contributed by atoms with Crippen LogP contribution in [-0.2, 0) is 13.0 Å². The van der Waals surface area contributed by atoms with Crippen LogP contribution in [0.4, 0.5) is 5.69 Å². The second kappa shape index (κ2) is 7.00. The highest BCUT2D eigenvalue weighted by molar-refractivity contribution is 5.69. The fraction of sp³-hybridized carbons (Fsp3) is 0.217. The van der Waals surface area contributed by atoms with E-state index in [1.54, 1.807) is 0 Å². The summed E-state index contributed by atoms with van der Waals surface area (Å²) in [7, 11) is 0. The van der Waals surface area contributed by atoms with E-state index in [9.17, 15) is 0 Å². The molecule has 1 aliphatic rings. The van der Waals surface area contributed by atoms with Crippen molar-refractivity contribution in [1.82, 2.24) is 20.4 Å². The largest absolute Gasteiger partial charge is 0.367 e. The maximum Gasteiger partial charge on any atom is 0.0652 e. The predicted octanol–water partition coefficient (Wildman–Crippen LogP) is 4.73. The van der Waals surface area contributed by atoms with Crippen molar-refractivity contribution in [2.24, 2.45) is 0 Å². The molecule has 0 aliphatic carbocycles. The zero-order valence-electron chi connectivity index (χ0n) is 15.9. The van der Waals surface area contributed by atoms with Crippen LogP contribution in [0.5, 0.6) is 0 Å². The number of nitrogens with zero attached hydrogens (tertiary/aromatic N) is 3. The van der Waals surface area contributed by atoms with Crippen molar-refractivity contribution in [3.63, 3.8) is 0 Å². The van der Waals surface area contributed by atoms with Crippen LogP contribution in [0, 0.1) is 6.92 Å². The van der Waals surface area contributed by atoms with Gasteiger partial charge < -0.3 is 4.90 Å². The molecule has 4 aromatic rings. The molecule has 0 unspecified atom stereocenters. The Morgan fingerprint density at radius 2 is 1.86 bits per heavy atom. The summed E-state index contributed by atoms with van der Waals surface area (Å²) >= 11 is 0. The van der Waals surface area contributed by atoms with Crippen LogP contribution < -0.4 is 4.90 Å². The number of fused-ring (bicyclic) bond motifs is 1. The zero-order chi connectivity index (χ0) is 18.9. The standard InChI is InChI=1S/C23H23N5/c1-16-11-22(27-26-16)18-6-4-17(5-7-18)15-28-10-2-3-20-12-19(8-9-23(20)28)21-13-24-25-14-21/h4-9,11-14H,2-3,10,15H2,1H3,(H,24,25)(H,26,27). The number of aromatic nitrogens is 4. The van der Waals surface area contributed by atoms with Crippen molar-refractivity contribution >= 4 is 5.69 Å². The molecule has 5 rings (SSSR count). The molecule has 2 aromatic heterocycles. The van der Waals surface area contributed by atoms with Gasteiger partial charge in [-0.1, -0.05) is 30.3 Å². The summed E-state index contributed by atoms with van der Waals surface area (Å²) in [4.78, 5) is 2.49. The summed E-state index contributed by atoms with van der Waals surface area (Å²) in [6.45, 7) is 4.03. The number of aromatic amines is 2. The van der Waals surface area contributed by atoms with E-state index in [1.165, 1.54) is 34.4 Å². The number of aryl methyl sites for hydroxylation is 2. The van der Waals surface area contributed by atoms with Crippen molar-refractivity contribution in [3.05, 3.63) is 77.7 Å². The second-order valence-electron chi connectivity index (χ2n) is 7.48. The molecule has 2 N–H and O–H groups in total. The third kappa shape index (κ3) is 3.20. The van der Waals surface area contributed by atoms with Crippen LogP contribution in [-0.4, -0.2) is 26.9 Å². The van der Waals surface area contributed by atoms with Gasteiger partial charge in [0.2, 0.25) is 0 Å². The maximum absolute atomic E-state index is 4.22. The Bertz CT molecular complexity index is 1080. The average Bonchev–Trinajstić information content (AvgIpc) is 3.40. The number of rotatable bonds is 4. The monoisotopic (exact) mass is 369 g/mol. The van der Waals surface area contributed by atoms with Crippen LogP contribution in [0.1, 0.15) is 23.2 Å². The van der Waals surface area contributed by atoms with Crippen molar-refractivity contribution in [3.8, 4) is 22.4 Å². The normalized spacial score (nSPS) is 13.5. The third-order valence-electron chi connectivity index (χ3n) is 5.47. The summed E-state index contributed by atoms with van der Waals surface area (Å²) < 4.78 is 0. The van der Waals surface area contributed by atoms with Crippen LogP contribution in [0.2, 0.25) is 0 Å². The maximum atomic E-state index is 4.22. The zero-order valence-corrected chi connectivity index (χ0v) is 15.9. The molecule has 0 spiro atoms. The van der Waals surface area contributed by atoms with E-state index in [2.05, 4.69) is 73.8 Å². The number of anilines is 1. The first-order chi connectivity index (χ1) is 13.8. The molecule has 0 atom stereocenters. The molecule has 1 aliphatic heterocycles. The number of H-pyrrole nitrogens is 2. The summed E-state index contributed by atoms with van der Waals surface area (Å²) in [6.07, 6.45) is 6.15. The molecule has 3 heterocycles. The minimum atomic E-state index is 0.931. The topological polar surface area (TPSA) is 60.6 Å². The fourth-order valence-electron chi connectivity index (χ4n) is 4.01. The average molecular weight is 369 g/mol. The Kier molecular flexibility index (Phi) is 4.20. The number of hydrogen-bond acceptors (Lipinski definition) is 3. The van der Waals surface area contributed by atoms with Crippen LogP contribution in [0.15, 0.2) is 60.9 Å². The van der Waals surface area contributed by atoms with Gasteiger partial charge in [-0.05, 0) is 60.2 Å². The van der Waals surface area contributed by atoms with E-state index in [-0.39, 0.29) is 0 Å². The first-order valence-electron chi connectivity index (χ1n) is 9.74. The van der Waals surface area contributed by atoms with Crippen molar-refractivity contribution in [2.45, 2.75) is 26.3 Å². The van der Waals surface area contributed by atoms with Gasteiger partial charge in [-0.15, -0.1) is 0 Å². The van der Waals surface area contributed by atoms with Crippen LogP contribution in [0.3, 0.4) is 0 Å². The van der Waals surface area contributed by atoms with E-state index in [4.69, 9.17) is 0 Å². The van der Waals surface area contributed by atoms with Gasteiger partial charge in [-0.3, -0.25) is 10.2 Å². The summed E-state index contributed by atoms with van der Waals surface area (Å²) in [5.41, 5.74) is 9.73. The fourth-order valence-corrected chi connectivity index (χ4v) is 4.01. The van der Waals surface area contributed by atoms with Crippen LogP contribution in [0.25, 0.3) is 22.4 Å². The molecule has 28 heavy (non-hydrogen) atoms. The molecule has 0 saturated heterocycles. The van der Waals surface area contributed by atoms with Gasteiger partial charge >= 0.3 is 0 Å². The number of hydrogen-bond donors (Lipinski definition) is 2. The lowest BCUT2D eigenvalue weighted by molar-refractivity contribution is 0.691. The second-order valence-corrected chi connectivity index (χ2v) is 7.48.